The van der Waals surface area contributed by atoms with E-state index >= 15 is 0 Å². The van der Waals surface area contributed by atoms with Crippen molar-refractivity contribution in [2.75, 3.05) is 24.2 Å². The molecule has 4 N–H and O–H groups in total. The van der Waals surface area contributed by atoms with E-state index in [9.17, 15) is 14.0 Å². The molecular weight excluding hydrogens is 523 g/mol. The van der Waals surface area contributed by atoms with Gasteiger partial charge in [0.25, 0.3) is 17.3 Å². The summed E-state index contributed by atoms with van der Waals surface area (Å²) in [6, 6.07) is 8.03. The first-order valence-electron chi connectivity index (χ1n) is 12.6. The Morgan fingerprint density at radius 3 is 2.51 bits per heavy atom. The summed E-state index contributed by atoms with van der Waals surface area (Å²) in [5.74, 6) is -0.0775. The maximum atomic E-state index is 14.8. The molecule has 210 valence electrons. The van der Waals surface area contributed by atoms with Gasteiger partial charge < -0.3 is 24.8 Å². The largest absolute Gasteiger partial charge is 0.491 e. The van der Waals surface area contributed by atoms with Crippen LogP contribution in [0, 0.1) is 19.7 Å². The van der Waals surface area contributed by atoms with Gasteiger partial charge in [0.1, 0.15) is 23.0 Å². The Morgan fingerprint density at radius 1 is 1.18 bits per heavy atom. The third kappa shape index (κ3) is 7.01. The number of pyridine rings is 2. The first kappa shape index (κ1) is 29.8. The number of hydrogen-bond acceptors (Lipinski definition) is 9. The van der Waals surface area contributed by atoms with Crippen LogP contribution in [0.3, 0.4) is 0 Å². The summed E-state index contributed by atoms with van der Waals surface area (Å²) in [6.45, 7) is 7.33. The highest BCUT2D eigenvalue weighted by Crippen LogP contribution is 2.38. The Labute approximate surface area is 232 Å². The van der Waals surface area contributed by atoms with Crippen molar-refractivity contribution in [2.45, 2.75) is 46.6 Å². The van der Waals surface area contributed by atoms with Crippen molar-refractivity contribution in [3.05, 3.63) is 63.2 Å². The molecule has 1 saturated carbocycles. The molecular formula is C27H35FN6O4S. The van der Waals surface area contributed by atoms with Crippen molar-refractivity contribution in [3.8, 4) is 17.4 Å². The van der Waals surface area contributed by atoms with Crippen molar-refractivity contribution in [1.29, 1.82) is 0 Å². The molecule has 1 aliphatic rings. The van der Waals surface area contributed by atoms with Gasteiger partial charge in [-0.15, -0.1) is 0 Å². The van der Waals surface area contributed by atoms with Crippen molar-refractivity contribution >= 4 is 35.4 Å². The fraction of sp³-hybridized carbons (Fsp3) is 0.370. The smallest absolute Gasteiger partial charge is 0.264 e. The summed E-state index contributed by atoms with van der Waals surface area (Å²) in [7, 11) is 4.72. The summed E-state index contributed by atoms with van der Waals surface area (Å²) in [6.07, 6.45) is 1.71. The highest BCUT2D eigenvalue weighted by molar-refractivity contribution is 7.98. The molecule has 12 heteroatoms. The number of nitrogens with zero attached hydrogens (tertiary/aromatic N) is 2. The summed E-state index contributed by atoms with van der Waals surface area (Å²) in [5.41, 5.74) is 0.664. The Hall–Kier alpha value is -3.77. The number of amides is 1. The maximum absolute atomic E-state index is 14.8. The van der Waals surface area contributed by atoms with Crippen LogP contribution in [-0.4, -0.2) is 35.7 Å². The summed E-state index contributed by atoms with van der Waals surface area (Å²) in [5, 5.41) is 5.89. The molecule has 2 heterocycles. The summed E-state index contributed by atoms with van der Waals surface area (Å²) < 4.78 is 33.5. The molecule has 0 aliphatic heterocycles. The second-order valence-electron chi connectivity index (χ2n) is 8.61. The fourth-order valence-corrected chi connectivity index (χ4v) is 3.97. The van der Waals surface area contributed by atoms with Crippen molar-refractivity contribution in [1.82, 2.24) is 19.6 Å². The molecule has 39 heavy (non-hydrogen) atoms. The predicted molar refractivity (Wildman–Crippen MR) is 154 cm³/mol. The van der Waals surface area contributed by atoms with Gasteiger partial charge in [0.05, 0.1) is 18.4 Å². The average molecular weight is 559 g/mol. The molecule has 10 nitrogen and oxygen atoms in total. The van der Waals surface area contributed by atoms with Crippen LogP contribution in [0.15, 0.2) is 35.1 Å². The van der Waals surface area contributed by atoms with Gasteiger partial charge in [-0.2, -0.15) is 4.98 Å². The highest BCUT2D eigenvalue weighted by Gasteiger charge is 2.31. The van der Waals surface area contributed by atoms with Gasteiger partial charge in [-0.3, -0.25) is 14.2 Å². The number of carbonyl (C=O) groups excluding carboxylic acids is 1. The second-order valence-corrected chi connectivity index (χ2v) is 9.43. The molecule has 0 bridgehead atoms. The number of aryl methyl sites for hydroxylation is 1. The minimum Gasteiger partial charge on any atom is -0.491 e. The molecule has 1 fully saturated rings. The van der Waals surface area contributed by atoms with Crippen molar-refractivity contribution in [3.63, 3.8) is 0 Å². The van der Waals surface area contributed by atoms with E-state index in [0.29, 0.717) is 11.6 Å². The molecule has 0 unspecified atom stereocenters. The van der Waals surface area contributed by atoms with Gasteiger partial charge in [-0.05, 0) is 63.6 Å². The fourth-order valence-electron chi connectivity index (χ4n) is 3.64. The first-order chi connectivity index (χ1) is 18.7. The second kappa shape index (κ2) is 13.3. The topological polar surface area (TPSA) is 119 Å². The van der Waals surface area contributed by atoms with Crippen LogP contribution >= 0.6 is 12.1 Å². The molecule has 1 aromatic carbocycles. The quantitative estimate of drug-likeness (QED) is 0.249. The Balaban J connectivity index is 0.00000205. The van der Waals surface area contributed by atoms with Gasteiger partial charge >= 0.3 is 0 Å². The third-order valence-corrected chi connectivity index (χ3v) is 6.30. The highest BCUT2D eigenvalue weighted by atomic mass is 32.2. The lowest BCUT2D eigenvalue weighted by atomic mass is 10.1. The zero-order valence-corrected chi connectivity index (χ0v) is 24.0. The Morgan fingerprint density at radius 2 is 1.90 bits per heavy atom. The minimum atomic E-state index is -0.520. The standard InChI is InChI=1S/C25H29FN6O4S.C2H6/c1-13-6-9-17(16(26)12-13)29-22-20(23(33)28-15-7-8-15)21(14(2)25(34)32(22)4)36-24-18(35-5)10-11-19(30-24)31-37-27-3;1-2/h6,9-12,15,27,29H,7-8H2,1-5H3,(H,28,33)(H,30,31);1-2H3. The van der Waals surface area contributed by atoms with E-state index in [1.807, 2.05) is 13.8 Å². The number of hydrogen-bond donors (Lipinski definition) is 4. The summed E-state index contributed by atoms with van der Waals surface area (Å²) >= 11 is 1.20. The van der Waals surface area contributed by atoms with E-state index in [1.165, 1.54) is 36.9 Å². The van der Waals surface area contributed by atoms with E-state index in [-0.39, 0.29) is 40.3 Å². The van der Waals surface area contributed by atoms with Gasteiger partial charge in [0.2, 0.25) is 0 Å². The number of carbonyl (C=O) groups is 1. The zero-order chi connectivity index (χ0) is 28.7. The van der Waals surface area contributed by atoms with E-state index in [1.54, 1.807) is 45.2 Å². The van der Waals surface area contributed by atoms with Crippen LogP contribution in [0.2, 0.25) is 0 Å². The predicted octanol–water partition coefficient (Wildman–Crippen LogP) is 5.19. The van der Waals surface area contributed by atoms with Crippen LogP contribution in [0.1, 0.15) is 48.2 Å². The molecule has 4 rings (SSSR count). The molecule has 0 radical (unpaired) electrons. The Kier molecular flexibility index (Phi) is 10.2. The van der Waals surface area contributed by atoms with Crippen LogP contribution in [0.5, 0.6) is 17.4 Å². The number of rotatable bonds is 10. The number of benzene rings is 1. The normalized spacial score (nSPS) is 12.2. The van der Waals surface area contributed by atoms with Crippen LogP contribution in [-0.2, 0) is 7.05 Å². The monoisotopic (exact) mass is 558 g/mol. The van der Waals surface area contributed by atoms with Gasteiger partial charge in [-0.1, -0.05) is 19.9 Å². The van der Waals surface area contributed by atoms with E-state index in [2.05, 4.69) is 25.1 Å². The van der Waals surface area contributed by atoms with Crippen LogP contribution < -0.4 is 35.1 Å². The minimum absolute atomic E-state index is 0.000453. The van der Waals surface area contributed by atoms with Gasteiger partial charge in [0.15, 0.2) is 11.5 Å². The molecule has 0 saturated heterocycles. The van der Waals surface area contributed by atoms with Gasteiger partial charge in [-0.25, -0.2) is 9.11 Å². The lowest BCUT2D eigenvalue weighted by molar-refractivity contribution is 0.0948. The number of halogens is 1. The molecule has 0 atom stereocenters. The van der Waals surface area contributed by atoms with Gasteiger partial charge in [0, 0.05) is 25.2 Å². The number of anilines is 3. The zero-order valence-electron chi connectivity index (χ0n) is 23.2. The first-order valence-corrected chi connectivity index (χ1v) is 13.4. The van der Waals surface area contributed by atoms with E-state index in [0.717, 1.165) is 18.4 Å². The average Bonchev–Trinajstić information content (AvgIpc) is 3.75. The van der Waals surface area contributed by atoms with Crippen molar-refractivity contribution < 1.29 is 18.7 Å². The molecule has 3 aromatic rings. The molecule has 1 aliphatic carbocycles. The number of nitrogens with one attached hydrogen (secondary N) is 4. The van der Waals surface area contributed by atoms with Crippen LogP contribution in [0.25, 0.3) is 0 Å². The molecule has 2 aromatic heterocycles. The molecule has 1 amide bonds. The third-order valence-electron chi connectivity index (χ3n) is 5.78. The van der Waals surface area contributed by atoms with Crippen LogP contribution in [0.4, 0.5) is 21.7 Å². The van der Waals surface area contributed by atoms with E-state index < -0.39 is 17.3 Å². The summed E-state index contributed by atoms with van der Waals surface area (Å²) in [4.78, 5) is 31.2. The molecule has 0 spiro atoms. The van der Waals surface area contributed by atoms with E-state index in [4.69, 9.17) is 9.47 Å². The number of aromatic nitrogens is 2. The van der Waals surface area contributed by atoms with Crippen molar-refractivity contribution in [2.24, 2.45) is 7.05 Å². The SMILES string of the molecule is CC.CNSNc1ccc(OC)c(Oc2c(C(=O)NC3CC3)c(Nc3ccc(C)cc3F)n(C)c(=O)c2C)n1. The number of methoxy groups -OCH3 is 1. The lowest BCUT2D eigenvalue weighted by Gasteiger charge is -2.21. The Bertz CT molecular complexity index is 1390. The lowest BCUT2D eigenvalue weighted by Crippen LogP contribution is -2.31. The number of ether oxygens (including phenoxy) is 2. The maximum Gasteiger partial charge on any atom is 0.264 e.